The minimum absolute atomic E-state index is 0.120. The monoisotopic (exact) mass is 381 g/mol. The van der Waals surface area contributed by atoms with Gasteiger partial charge in [-0.25, -0.2) is 9.36 Å². The van der Waals surface area contributed by atoms with E-state index >= 15 is 0 Å². The Balaban J connectivity index is 2.28. The number of nitrogens with zero attached hydrogens (tertiary/aromatic N) is 3. The highest BCUT2D eigenvalue weighted by Crippen LogP contribution is 2.30. The molecular weight excluding hydrogens is 367 g/mol. The van der Waals surface area contributed by atoms with Crippen molar-refractivity contribution in [3.8, 4) is 0 Å². The molecular formula is C12H14F3N5O6. The van der Waals surface area contributed by atoms with E-state index in [1.807, 2.05) is 4.98 Å². The van der Waals surface area contributed by atoms with Crippen molar-refractivity contribution in [3.05, 3.63) is 20.8 Å². The fourth-order valence-electron chi connectivity index (χ4n) is 2.85. The molecule has 0 unspecified atom stereocenters. The highest BCUT2D eigenvalue weighted by atomic mass is 19.4. The van der Waals surface area contributed by atoms with E-state index in [2.05, 4.69) is 4.98 Å². The van der Waals surface area contributed by atoms with Gasteiger partial charge in [-0.1, -0.05) is 0 Å². The van der Waals surface area contributed by atoms with E-state index in [0.717, 1.165) is 0 Å². The fraction of sp³-hybridized carbons (Fsp3) is 0.583. The number of fused-ring (bicyclic) bond motifs is 1. The summed E-state index contributed by atoms with van der Waals surface area (Å²) < 4.78 is 44.2. The van der Waals surface area contributed by atoms with Gasteiger partial charge in [-0.15, -0.1) is 0 Å². The molecule has 14 heteroatoms. The van der Waals surface area contributed by atoms with Gasteiger partial charge >= 0.3 is 11.9 Å². The van der Waals surface area contributed by atoms with Gasteiger partial charge in [-0.05, 0) is 0 Å². The summed E-state index contributed by atoms with van der Waals surface area (Å²) >= 11 is 0. The molecule has 0 aliphatic carbocycles. The zero-order valence-corrected chi connectivity index (χ0v) is 12.8. The standard InChI is InChI=1S/C12H14F3N5O6/c13-12(14,15)2-19-4-7(17-10(16)18-8(4)24)20(11(19)25)9-6(23)5(22)3(1-21)26-9/h3,5-6,9,21-23H,1-2H2,(H3,16,17,18,24)/t3-,5+,6-,9-/m1/s1. The number of hydrogen-bond donors (Lipinski definition) is 5. The molecule has 3 rings (SSSR count). The van der Waals surface area contributed by atoms with Crippen LogP contribution in [-0.4, -0.2) is 65.5 Å². The SMILES string of the molecule is Nc1nc2c(c(=O)[nH]1)n(CC(F)(F)F)c(=O)n2[C@@H]1O[C@H](CO)[C@H](O)[C@H]1O. The largest absolute Gasteiger partial charge is 0.406 e. The Kier molecular flexibility index (Phi) is 4.30. The van der Waals surface area contributed by atoms with Gasteiger partial charge in [0, 0.05) is 0 Å². The summed E-state index contributed by atoms with van der Waals surface area (Å²) in [6.45, 7) is -2.51. The molecule has 0 radical (unpaired) electrons. The van der Waals surface area contributed by atoms with Gasteiger partial charge in [-0.3, -0.25) is 14.3 Å². The molecule has 1 saturated heterocycles. The number of imidazole rings is 1. The Labute approximate surface area is 141 Å². The van der Waals surface area contributed by atoms with E-state index in [1.165, 1.54) is 0 Å². The van der Waals surface area contributed by atoms with Gasteiger partial charge in [0.05, 0.1) is 6.61 Å². The Morgan fingerprint density at radius 2 is 1.92 bits per heavy atom. The van der Waals surface area contributed by atoms with Crippen LogP contribution >= 0.6 is 0 Å². The lowest BCUT2D eigenvalue weighted by Gasteiger charge is -2.15. The van der Waals surface area contributed by atoms with Crippen LogP contribution < -0.4 is 17.0 Å². The van der Waals surface area contributed by atoms with E-state index in [1.54, 1.807) is 0 Å². The smallest absolute Gasteiger partial charge is 0.394 e. The Bertz CT molecular complexity index is 950. The summed E-state index contributed by atoms with van der Waals surface area (Å²) in [5, 5.41) is 29.0. The van der Waals surface area contributed by atoms with Crippen LogP contribution in [0.15, 0.2) is 9.59 Å². The third kappa shape index (κ3) is 2.86. The number of nitrogens with two attached hydrogens (primary N) is 1. The molecule has 0 aromatic carbocycles. The number of aromatic amines is 1. The third-order valence-electron chi connectivity index (χ3n) is 3.94. The van der Waals surface area contributed by atoms with Crippen LogP contribution in [0.1, 0.15) is 6.23 Å². The number of H-pyrrole nitrogens is 1. The van der Waals surface area contributed by atoms with E-state index in [4.69, 9.17) is 15.6 Å². The molecule has 3 heterocycles. The first-order valence-electron chi connectivity index (χ1n) is 7.25. The first-order chi connectivity index (χ1) is 12.0. The van der Waals surface area contributed by atoms with E-state index in [9.17, 15) is 33.0 Å². The minimum atomic E-state index is -4.83. The molecule has 26 heavy (non-hydrogen) atoms. The molecule has 0 bridgehead atoms. The lowest BCUT2D eigenvalue weighted by Crippen LogP contribution is -2.37. The number of anilines is 1. The van der Waals surface area contributed by atoms with Crippen molar-refractivity contribution < 1.29 is 33.2 Å². The van der Waals surface area contributed by atoms with Crippen molar-refractivity contribution in [1.82, 2.24) is 19.1 Å². The number of ether oxygens (including phenoxy) is 1. The maximum atomic E-state index is 12.8. The summed E-state index contributed by atoms with van der Waals surface area (Å²) in [5.74, 6) is -0.479. The number of alkyl halides is 3. The summed E-state index contributed by atoms with van der Waals surface area (Å²) in [6.07, 6.45) is -11.2. The number of aliphatic hydroxyl groups excluding tert-OH is 3. The molecule has 2 aromatic rings. The molecule has 1 aliphatic rings. The number of rotatable bonds is 3. The number of aromatic nitrogens is 4. The molecule has 0 saturated carbocycles. The minimum Gasteiger partial charge on any atom is -0.394 e. The summed E-state index contributed by atoms with van der Waals surface area (Å²) in [4.78, 5) is 30.2. The van der Waals surface area contributed by atoms with E-state index < -0.39 is 72.2 Å². The van der Waals surface area contributed by atoms with Gasteiger partial charge in [0.1, 0.15) is 24.9 Å². The molecule has 1 aliphatic heterocycles. The Morgan fingerprint density at radius 3 is 2.46 bits per heavy atom. The van der Waals surface area contributed by atoms with Crippen LogP contribution in [0.3, 0.4) is 0 Å². The normalized spacial score (nSPS) is 26.7. The zero-order valence-electron chi connectivity index (χ0n) is 12.8. The Hall–Kier alpha value is -2.42. The second-order valence-electron chi connectivity index (χ2n) is 5.71. The summed E-state index contributed by atoms with van der Waals surface area (Å²) in [7, 11) is 0. The molecule has 4 atom stereocenters. The van der Waals surface area contributed by atoms with Gasteiger partial charge < -0.3 is 25.8 Å². The third-order valence-corrected chi connectivity index (χ3v) is 3.94. The van der Waals surface area contributed by atoms with Crippen molar-refractivity contribution in [2.75, 3.05) is 12.3 Å². The predicted molar refractivity (Wildman–Crippen MR) is 78.1 cm³/mol. The van der Waals surface area contributed by atoms with Crippen LogP contribution in [0.5, 0.6) is 0 Å². The van der Waals surface area contributed by atoms with Crippen molar-refractivity contribution in [3.63, 3.8) is 0 Å². The van der Waals surface area contributed by atoms with Gasteiger partial charge in [0.15, 0.2) is 17.4 Å². The van der Waals surface area contributed by atoms with Crippen molar-refractivity contribution in [2.24, 2.45) is 0 Å². The average Bonchev–Trinajstić information content (AvgIpc) is 2.94. The molecule has 2 aromatic heterocycles. The van der Waals surface area contributed by atoms with Crippen LogP contribution in [0.4, 0.5) is 19.1 Å². The molecule has 6 N–H and O–H groups in total. The maximum Gasteiger partial charge on any atom is 0.406 e. The van der Waals surface area contributed by atoms with Crippen molar-refractivity contribution in [1.29, 1.82) is 0 Å². The lowest BCUT2D eigenvalue weighted by molar-refractivity contribution is -0.140. The molecule has 144 valence electrons. The second kappa shape index (κ2) is 6.08. The van der Waals surface area contributed by atoms with Crippen LogP contribution in [0.2, 0.25) is 0 Å². The molecule has 11 nitrogen and oxygen atoms in total. The zero-order chi connectivity index (χ0) is 19.4. The quantitative estimate of drug-likeness (QED) is 0.393. The van der Waals surface area contributed by atoms with Gasteiger partial charge in [0.25, 0.3) is 5.56 Å². The Morgan fingerprint density at radius 1 is 1.27 bits per heavy atom. The topological polar surface area (TPSA) is 169 Å². The van der Waals surface area contributed by atoms with Crippen LogP contribution in [0.25, 0.3) is 11.2 Å². The van der Waals surface area contributed by atoms with E-state index in [0.29, 0.717) is 4.57 Å². The predicted octanol–water partition coefficient (Wildman–Crippen LogP) is -2.36. The van der Waals surface area contributed by atoms with Gasteiger partial charge in [-0.2, -0.15) is 18.2 Å². The average molecular weight is 381 g/mol. The molecule has 0 spiro atoms. The molecule has 1 fully saturated rings. The highest BCUT2D eigenvalue weighted by molar-refractivity contribution is 5.71. The number of nitrogens with one attached hydrogen (secondary N) is 1. The number of halogens is 3. The van der Waals surface area contributed by atoms with Crippen molar-refractivity contribution in [2.45, 2.75) is 37.3 Å². The van der Waals surface area contributed by atoms with Gasteiger partial charge in [0.2, 0.25) is 5.95 Å². The van der Waals surface area contributed by atoms with E-state index in [-0.39, 0.29) is 4.57 Å². The second-order valence-corrected chi connectivity index (χ2v) is 5.71. The number of nitrogen functional groups attached to an aromatic ring is 1. The van der Waals surface area contributed by atoms with Crippen LogP contribution in [0, 0.1) is 0 Å². The van der Waals surface area contributed by atoms with Crippen molar-refractivity contribution >= 4 is 17.1 Å². The first kappa shape index (κ1) is 18.4. The number of aliphatic hydroxyl groups is 3. The van der Waals surface area contributed by atoms with Crippen LogP contribution in [-0.2, 0) is 11.3 Å². The fourth-order valence-corrected chi connectivity index (χ4v) is 2.85. The maximum absolute atomic E-state index is 12.8. The number of hydrogen-bond acceptors (Lipinski definition) is 8. The summed E-state index contributed by atoms with van der Waals surface area (Å²) in [6, 6.07) is 0. The highest BCUT2D eigenvalue weighted by Gasteiger charge is 2.45. The first-order valence-corrected chi connectivity index (χ1v) is 7.25. The lowest BCUT2D eigenvalue weighted by atomic mass is 10.1. The molecule has 0 amide bonds. The summed E-state index contributed by atoms with van der Waals surface area (Å²) in [5.41, 5.74) is 1.66.